The number of ether oxygens (including phenoxy) is 1. The van der Waals surface area contributed by atoms with E-state index in [0.717, 1.165) is 29.4 Å². The molecule has 0 heterocycles. The van der Waals surface area contributed by atoms with E-state index in [-0.39, 0.29) is 13.0 Å². The van der Waals surface area contributed by atoms with Gasteiger partial charge in [0.2, 0.25) is 0 Å². The molecule has 0 bridgehead atoms. The largest absolute Gasteiger partial charge is 0.493 e. The molecule has 32 heavy (non-hydrogen) atoms. The monoisotopic (exact) mass is 436 g/mol. The molecule has 0 radical (unpaired) electrons. The first-order valence-electron chi connectivity index (χ1n) is 13.0. The van der Waals surface area contributed by atoms with E-state index in [9.17, 15) is 4.79 Å². The quantitative estimate of drug-likeness (QED) is 0.524. The number of carbonyl (C=O) groups is 1. The molecule has 0 aromatic heterocycles. The topological polar surface area (TPSA) is 46.5 Å². The van der Waals surface area contributed by atoms with Crippen molar-refractivity contribution in [2.24, 2.45) is 34.5 Å². The third-order valence-electron chi connectivity index (χ3n) is 10.1. The fourth-order valence-electron chi connectivity index (χ4n) is 8.44. The lowest BCUT2D eigenvalue weighted by Crippen LogP contribution is -2.51. The zero-order valence-corrected chi connectivity index (χ0v) is 19.9. The van der Waals surface area contributed by atoms with E-state index in [1.807, 2.05) is 12.1 Å². The molecule has 1 aromatic carbocycles. The van der Waals surface area contributed by atoms with Gasteiger partial charge in [-0.1, -0.05) is 50.5 Å². The summed E-state index contributed by atoms with van der Waals surface area (Å²) < 4.78 is 5.55. The van der Waals surface area contributed by atoms with Gasteiger partial charge in [0.25, 0.3) is 0 Å². The van der Waals surface area contributed by atoms with Crippen LogP contribution in [0.1, 0.15) is 90.0 Å². The van der Waals surface area contributed by atoms with Gasteiger partial charge in [0, 0.05) is 0 Å². The lowest BCUT2D eigenvalue weighted by molar-refractivity contribution is -0.137. The van der Waals surface area contributed by atoms with Crippen molar-refractivity contribution in [1.29, 1.82) is 0 Å². The van der Waals surface area contributed by atoms with Crippen LogP contribution in [-0.2, 0) is 4.79 Å². The van der Waals surface area contributed by atoms with Crippen LogP contribution in [0, 0.1) is 34.5 Å². The van der Waals surface area contributed by atoms with E-state index in [2.05, 4.69) is 32.1 Å². The molecule has 6 atom stereocenters. The average molecular weight is 437 g/mol. The number of hydrogen-bond donors (Lipinski definition) is 1. The van der Waals surface area contributed by atoms with Gasteiger partial charge in [-0.25, -0.2) is 0 Å². The maximum absolute atomic E-state index is 10.7. The van der Waals surface area contributed by atoms with Gasteiger partial charge in [-0.05, 0) is 104 Å². The summed E-state index contributed by atoms with van der Waals surface area (Å²) in [5, 5.41) is 8.76. The average Bonchev–Trinajstić information content (AvgIpc) is 3.10. The summed E-state index contributed by atoms with van der Waals surface area (Å²) in [6.45, 7) is 5.48. The Labute approximate surface area is 193 Å². The zero-order valence-electron chi connectivity index (χ0n) is 19.9. The Morgan fingerprint density at radius 2 is 1.88 bits per heavy atom. The summed E-state index contributed by atoms with van der Waals surface area (Å²) in [6, 6.07) is 8.17. The lowest BCUT2D eigenvalue weighted by atomic mass is 9.45. The highest BCUT2D eigenvalue weighted by molar-refractivity contribution is 5.66. The molecule has 4 saturated carbocycles. The molecule has 0 spiro atoms. The van der Waals surface area contributed by atoms with E-state index in [4.69, 9.17) is 9.84 Å². The molecule has 4 fully saturated rings. The molecule has 1 aromatic rings. The fraction of sp³-hybridized carbons (Fsp3) is 0.690. The molecule has 174 valence electrons. The summed E-state index contributed by atoms with van der Waals surface area (Å²) in [7, 11) is 0. The lowest BCUT2D eigenvalue weighted by Gasteiger charge is -2.59. The van der Waals surface area contributed by atoms with Crippen molar-refractivity contribution in [3.8, 4) is 5.75 Å². The Balaban J connectivity index is 1.28. The van der Waals surface area contributed by atoms with Gasteiger partial charge in [-0.2, -0.15) is 0 Å². The van der Waals surface area contributed by atoms with Crippen molar-refractivity contribution < 1.29 is 14.6 Å². The molecule has 4 aliphatic carbocycles. The number of hydrogen-bond acceptors (Lipinski definition) is 2. The maximum atomic E-state index is 10.7. The van der Waals surface area contributed by atoms with Crippen LogP contribution in [0.2, 0.25) is 0 Å². The molecule has 3 nitrogen and oxygen atoms in total. The number of rotatable bonds is 5. The van der Waals surface area contributed by atoms with Crippen LogP contribution < -0.4 is 4.74 Å². The van der Waals surface area contributed by atoms with Crippen LogP contribution in [0.3, 0.4) is 0 Å². The van der Waals surface area contributed by atoms with Crippen molar-refractivity contribution in [2.75, 3.05) is 6.61 Å². The molecule has 1 N–H and O–H groups in total. The SMILES string of the molecule is C[C@]12CC[C@H]3[C@@H](CCC4CCCC[C@@]43C)[C@@H]1CC(=Cc1ccc(OCCC(=O)O)cc1)C2. The third-order valence-corrected chi connectivity index (χ3v) is 10.1. The second-order valence-corrected chi connectivity index (χ2v) is 11.8. The van der Waals surface area contributed by atoms with E-state index >= 15 is 0 Å². The predicted octanol–water partition coefficient (Wildman–Crippen LogP) is 7.36. The second-order valence-electron chi connectivity index (χ2n) is 11.8. The highest BCUT2D eigenvalue weighted by Gasteiger charge is 2.57. The molecule has 3 heteroatoms. The Hall–Kier alpha value is -1.77. The molecular weight excluding hydrogens is 396 g/mol. The van der Waals surface area contributed by atoms with Crippen molar-refractivity contribution >= 4 is 12.0 Å². The van der Waals surface area contributed by atoms with Crippen molar-refractivity contribution in [2.45, 2.75) is 84.5 Å². The van der Waals surface area contributed by atoms with Crippen LogP contribution in [-0.4, -0.2) is 17.7 Å². The van der Waals surface area contributed by atoms with Crippen molar-refractivity contribution in [3.63, 3.8) is 0 Å². The van der Waals surface area contributed by atoms with E-state index in [1.165, 1.54) is 69.8 Å². The third kappa shape index (κ3) is 4.01. The Morgan fingerprint density at radius 1 is 1.06 bits per heavy atom. The molecule has 0 saturated heterocycles. The van der Waals surface area contributed by atoms with Gasteiger partial charge in [0.15, 0.2) is 0 Å². The van der Waals surface area contributed by atoms with Gasteiger partial charge in [0.1, 0.15) is 5.75 Å². The second kappa shape index (κ2) is 8.54. The summed E-state index contributed by atoms with van der Waals surface area (Å²) in [5.41, 5.74) is 3.98. The van der Waals surface area contributed by atoms with Gasteiger partial charge < -0.3 is 9.84 Å². The number of carboxylic acids is 1. The highest BCUT2D eigenvalue weighted by atomic mass is 16.5. The minimum atomic E-state index is -0.823. The molecular formula is C29H40O3. The first-order valence-corrected chi connectivity index (χ1v) is 13.0. The molecule has 5 rings (SSSR count). The minimum absolute atomic E-state index is 0.0354. The standard InChI is InChI=1S/C29H40O3/c1-28-15-12-25-24(11-8-22-5-3-4-14-29(22,25)2)26(28)18-21(19-28)17-20-6-9-23(10-7-20)32-16-13-27(30)31/h6-7,9-10,17,22,24-26H,3-5,8,11-16,18-19H2,1-2H3,(H,30,31)/t22?,24-,25+,26+,28-,29+/m1/s1. The number of carboxylic acid groups (broad SMARTS) is 1. The van der Waals surface area contributed by atoms with Crippen LogP contribution in [0.5, 0.6) is 5.75 Å². The van der Waals surface area contributed by atoms with E-state index in [0.29, 0.717) is 10.8 Å². The van der Waals surface area contributed by atoms with Crippen LogP contribution in [0.15, 0.2) is 29.8 Å². The smallest absolute Gasteiger partial charge is 0.306 e. The van der Waals surface area contributed by atoms with Crippen LogP contribution >= 0.6 is 0 Å². The molecule has 1 unspecified atom stereocenters. The van der Waals surface area contributed by atoms with E-state index < -0.39 is 5.97 Å². The summed E-state index contributed by atoms with van der Waals surface area (Å²) in [4.78, 5) is 10.7. The maximum Gasteiger partial charge on any atom is 0.306 e. The Bertz CT molecular complexity index is 871. The number of fused-ring (bicyclic) bond motifs is 5. The fourth-order valence-corrected chi connectivity index (χ4v) is 8.44. The first kappa shape index (κ1) is 22.0. The van der Waals surface area contributed by atoms with Gasteiger partial charge in [-0.15, -0.1) is 0 Å². The summed E-state index contributed by atoms with van der Waals surface area (Å²) in [5.74, 6) is 3.68. The van der Waals surface area contributed by atoms with Crippen molar-refractivity contribution in [3.05, 3.63) is 35.4 Å². The summed E-state index contributed by atoms with van der Waals surface area (Å²) >= 11 is 0. The Kier molecular flexibility index (Phi) is 5.88. The molecule has 4 aliphatic rings. The Morgan fingerprint density at radius 3 is 2.66 bits per heavy atom. The highest BCUT2D eigenvalue weighted by Crippen LogP contribution is 2.67. The van der Waals surface area contributed by atoms with Gasteiger partial charge in [0.05, 0.1) is 13.0 Å². The van der Waals surface area contributed by atoms with Crippen molar-refractivity contribution in [1.82, 2.24) is 0 Å². The summed E-state index contributed by atoms with van der Waals surface area (Å²) in [6.07, 6.45) is 16.7. The number of benzene rings is 1. The number of allylic oxidation sites excluding steroid dienone is 1. The predicted molar refractivity (Wildman–Crippen MR) is 129 cm³/mol. The first-order chi connectivity index (χ1) is 15.4. The van der Waals surface area contributed by atoms with Crippen LogP contribution in [0.25, 0.3) is 6.08 Å². The number of aliphatic carboxylic acids is 1. The van der Waals surface area contributed by atoms with Crippen LogP contribution in [0.4, 0.5) is 0 Å². The van der Waals surface area contributed by atoms with E-state index in [1.54, 1.807) is 5.57 Å². The molecule has 0 amide bonds. The normalized spacial score (nSPS) is 39.8. The van der Waals surface area contributed by atoms with Gasteiger partial charge >= 0.3 is 5.97 Å². The van der Waals surface area contributed by atoms with Gasteiger partial charge in [-0.3, -0.25) is 4.79 Å². The minimum Gasteiger partial charge on any atom is -0.493 e. The molecule has 0 aliphatic heterocycles. The zero-order chi connectivity index (χ0) is 22.3.